The summed E-state index contributed by atoms with van der Waals surface area (Å²) in [4.78, 5) is 20.6. The molecule has 9 heteroatoms. The number of ether oxygens (including phenoxy) is 4. The molecule has 6 fully saturated rings. The maximum atomic E-state index is 12.8. The number of amides is 1. The van der Waals surface area contributed by atoms with Crippen LogP contribution < -0.4 is 14.8 Å². The molecule has 0 atom stereocenters. The normalized spacial score (nSPS) is 23.2. The molecular formula is C49H76N4O5. The number of hydrogen-bond donors (Lipinski definition) is 1. The quantitative estimate of drug-likeness (QED) is 0.172. The number of likely N-dealkylation sites (N-methyl/N-ethyl adjacent to an activating group) is 2. The number of nitrogens with one attached hydrogen (secondary N) is 1. The van der Waals surface area contributed by atoms with E-state index in [0.717, 1.165) is 113 Å². The Labute approximate surface area is 350 Å². The predicted octanol–water partition coefficient (Wildman–Crippen LogP) is 7.99. The van der Waals surface area contributed by atoms with E-state index in [1.807, 2.05) is 19.1 Å². The van der Waals surface area contributed by atoms with Crippen LogP contribution in [0, 0.1) is 5.92 Å². The molecule has 2 aliphatic carbocycles. The van der Waals surface area contributed by atoms with Gasteiger partial charge >= 0.3 is 0 Å². The molecule has 4 saturated heterocycles. The van der Waals surface area contributed by atoms with Crippen molar-refractivity contribution in [3.63, 3.8) is 0 Å². The molecule has 0 radical (unpaired) electrons. The zero-order valence-corrected chi connectivity index (χ0v) is 36.2. The molecular weight excluding hydrogens is 725 g/mol. The van der Waals surface area contributed by atoms with E-state index < -0.39 is 5.41 Å². The van der Waals surface area contributed by atoms with Crippen LogP contribution in [0.4, 0.5) is 0 Å². The van der Waals surface area contributed by atoms with Gasteiger partial charge in [-0.05, 0) is 152 Å². The third-order valence-corrected chi connectivity index (χ3v) is 14.5. The van der Waals surface area contributed by atoms with E-state index in [0.29, 0.717) is 25.9 Å². The van der Waals surface area contributed by atoms with E-state index in [2.05, 4.69) is 63.5 Å². The lowest BCUT2D eigenvalue weighted by molar-refractivity contribution is -0.130. The van der Waals surface area contributed by atoms with Gasteiger partial charge in [-0.15, -0.1) is 0 Å². The van der Waals surface area contributed by atoms with Crippen LogP contribution in [0.1, 0.15) is 121 Å². The Morgan fingerprint density at radius 3 is 2.00 bits per heavy atom. The average Bonchev–Trinajstić information content (AvgIpc) is 3.96. The van der Waals surface area contributed by atoms with Crippen molar-refractivity contribution in [2.45, 2.75) is 133 Å². The predicted molar refractivity (Wildman–Crippen MR) is 233 cm³/mol. The van der Waals surface area contributed by atoms with Crippen molar-refractivity contribution in [1.82, 2.24) is 20.0 Å². The number of rotatable bonds is 16. The highest BCUT2D eigenvalue weighted by Crippen LogP contribution is 2.38. The lowest BCUT2D eigenvalue weighted by atomic mass is 9.73. The molecule has 2 saturated carbocycles. The molecule has 9 nitrogen and oxygen atoms in total. The number of piperidine rings is 1. The molecule has 322 valence electrons. The lowest BCUT2D eigenvalue weighted by Crippen LogP contribution is -2.48. The number of benzene rings is 2. The topological polar surface area (TPSA) is 75.7 Å². The monoisotopic (exact) mass is 801 g/mol. The van der Waals surface area contributed by atoms with Crippen LogP contribution in [0.25, 0.3) is 0 Å². The fourth-order valence-electron chi connectivity index (χ4n) is 10.8. The number of hydrogen-bond acceptors (Lipinski definition) is 8. The summed E-state index contributed by atoms with van der Waals surface area (Å²) < 4.78 is 23.6. The van der Waals surface area contributed by atoms with Gasteiger partial charge in [-0.3, -0.25) is 4.79 Å². The zero-order chi connectivity index (χ0) is 40.0. The van der Waals surface area contributed by atoms with Crippen molar-refractivity contribution in [3.05, 3.63) is 59.7 Å². The van der Waals surface area contributed by atoms with Crippen molar-refractivity contribution in [1.29, 1.82) is 0 Å². The summed E-state index contributed by atoms with van der Waals surface area (Å²) in [6.45, 7) is 14.9. The number of carbonyl (C=O) groups excluding carboxylic acids is 1. The van der Waals surface area contributed by atoms with Crippen LogP contribution in [0.3, 0.4) is 0 Å². The Morgan fingerprint density at radius 1 is 0.759 bits per heavy atom. The van der Waals surface area contributed by atoms with E-state index in [1.165, 1.54) is 89.5 Å². The van der Waals surface area contributed by atoms with Crippen LogP contribution >= 0.6 is 0 Å². The van der Waals surface area contributed by atoms with Gasteiger partial charge in [-0.25, -0.2) is 0 Å². The Balaban J connectivity index is 0.000000177. The van der Waals surface area contributed by atoms with Gasteiger partial charge in [0, 0.05) is 77.2 Å². The number of carbonyl (C=O) groups is 1. The average molecular weight is 801 g/mol. The SMILES string of the molecule is CCNC(=O)C1(c2ccc(OC3CCN(C4CCC4)CC3)cc2)CCOCC1.CN(CC1CCCC1)CC1(c2ccc(OCCCN3CCCC3)cc2)CCOCC1. The first-order chi connectivity index (χ1) is 28.4. The summed E-state index contributed by atoms with van der Waals surface area (Å²) in [6.07, 6.45) is 20.0. The van der Waals surface area contributed by atoms with E-state index in [4.69, 9.17) is 18.9 Å². The fraction of sp³-hybridized carbons (Fsp3) is 0.735. The molecule has 1 N–H and O–H groups in total. The smallest absolute Gasteiger partial charge is 0.230 e. The molecule has 1 amide bonds. The molecule has 4 heterocycles. The van der Waals surface area contributed by atoms with Crippen molar-refractivity contribution in [2.75, 3.05) is 92.4 Å². The van der Waals surface area contributed by atoms with Gasteiger partial charge in [0.05, 0.1) is 12.0 Å². The summed E-state index contributed by atoms with van der Waals surface area (Å²) in [6, 6.07) is 18.1. The van der Waals surface area contributed by atoms with Crippen LogP contribution in [0.2, 0.25) is 0 Å². The minimum absolute atomic E-state index is 0.121. The van der Waals surface area contributed by atoms with Gasteiger partial charge in [0.1, 0.15) is 17.6 Å². The second kappa shape index (κ2) is 21.7. The standard InChI is InChI=1S/C26H42N2O2.C23H34N2O3/c1-27(21-23-7-2-3-8-23)22-26(13-19-29-20-14-26)24-9-11-25(12-10-24)30-18-6-17-28-15-4-5-16-28;1-2-24-22(26)23(12-16-27-17-13-23)18-6-8-20(9-7-18)28-21-10-14-25(15-11-21)19-4-3-5-19/h9-12,23H,2-8,13-22H2,1H3;6-9,19,21H,2-5,10-17H2,1H3,(H,24,26). The van der Waals surface area contributed by atoms with Crippen LogP contribution in [-0.2, 0) is 25.1 Å². The summed E-state index contributed by atoms with van der Waals surface area (Å²) in [5.74, 6) is 2.96. The van der Waals surface area contributed by atoms with Gasteiger partial charge in [0.15, 0.2) is 0 Å². The molecule has 0 spiro atoms. The molecule has 2 aromatic rings. The summed E-state index contributed by atoms with van der Waals surface area (Å²) in [7, 11) is 2.33. The molecule has 8 rings (SSSR count). The van der Waals surface area contributed by atoms with Gasteiger partial charge < -0.3 is 39.0 Å². The fourth-order valence-corrected chi connectivity index (χ4v) is 10.8. The Kier molecular flexibility index (Phi) is 16.2. The van der Waals surface area contributed by atoms with E-state index >= 15 is 0 Å². The summed E-state index contributed by atoms with van der Waals surface area (Å²) >= 11 is 0. The second-order valence-corrected chi connectivity index (χ2v) is 18.5. The first-order valence-electron chi connectivity index (χ1n) is 23.5. The third kappa shape index (κ3) is 11.6. The summed E-state index contributed by atoms with van der Waals surface area (Å²) in [5, 5.41) is 3.03. The van der Waals surface area contributed by atoms with Crippen LogP contribution in [-0.4, -0.2) is 125 Å². The molecule has 0 bridgehead atoms. The third-order valence-electron chi connectivity index (χ3n) is 14.5. The van der Waals surface area contributed by atoms with Gasteiger partial charge in [-0.2, -0.15) is 0 Å². The molecule has 6 aliphatic rings. The minimum atomic E-state index is -0.471. The van der Waals surface area contributed by atoms with Crippen molar-refractivity contribution in [2.24, 2.45) is 5.92 Å². The second-order valence-electron chi connectivity index (χ2n) is 18.5. The first-order valence-corrected chi connectivity index (χ1v) is 23.5. The molecule has 2 aromatic carbocycles. The highest BCUT2D eigenvalue weighted by Gasteiger charge is 2.41. The highest BCUT2D eigenvalue weighted by atomic mass is 16.5. The highest BCUT2D eigenvalue weighted by molar-refractivity contribution is 5.88. The van der Waals surface area contributed by atoms with E-state index in [-0.39, 0.29) is 11.3 Å². The zero-order valence-electron chi connectivity index (χ0n) is 36.2. The van der Waals surface area contributed by atoms with Gasteiger partial charge in [-0.1, -0.05) is 43.5 Å². The molecule has 4 aliphatic heterocycles. The maximum absolute atomic E-state index is 12.8. The molecule has 0 unspecified atom stereocenters. The lowest BCUT2D eigenvalue weighted by Gasteiger charge is -2.41. The van der Waals surface area contributed by atoms with E-state index in [1.54, 1.807) is 0 Å². The molecule has 58 heavy (non-hydrogen) atoms. The first kappa shape index (κ1) is 43.4. The van der Waals surface area contributed by atoms with E-state index in [9.17, 15) is 4.79 Å². The maximum Gasteiger partial charge on any atom is 0.230 e. The molecule has 0 aromatic heterocycles. The van der Waals surface area contributed by atoms with Crippen molar-refractivity contribution >= 4 is 5.91 Å². The Hall–Kier alpha value is -2.69. The van der Waals surface area contributed by atoms with Crippen molar-refractivity contribution < 1.29 is 23.7 Å². The van der Waals surface area contributed by atoms with Crippen LogP contribution in [0.15, 0.2) is 48.5 Å². The number of likely N-dealkylation sites (tertiary alicyclic amines) is 2. The van der Waals surface area contributed by atoms with Crippen LogP contribution in [0.5, 0.6) is 11.5 Å². The number of nitrogens with zero attached hydrogens (tertiary/aromatic N) is 3. The minimum Gasteiger partial charge on any atom is -0.494 e. The Bertz CT molecular complexity index is 1480. The summed E-state index contributed by atoms with van der Waals surface area (Å²) in [5.41, 5.74) is 2.29. The largest absolute Gasteiger partial charge is 0.494 e. The van der Waals surface area contributed by atoms with Gasteiger partial charge in [0.25, 0.3) is 0 Å². The Morgan fingerprint density at radius 2 is 1.38 bits per heavy atom. The van der Waals surface area contributed by atoms with Gasteiger partial charge in [0.2, 0.25) is 5.91 Å². The van der Waals surface area contributed by atoms with Crippen molar-refractivity contribution in [3.8, 4) is 11.5 Å².